The Labute approximate surface area is 127 Å². The second-order valence-electron chi connectivity index (χ2n) is 4.76. The molecule has 6 nitrogen and oxygen atoms in total. The van der Waals surface area contributed by atoms with Gasteiger partial charge in [-0.25, -0.2) is 9.18 Å². The monoisotopic (exact) mass is 311 g/mol. The Morgan fingerprint density at radius 3 is 2.50 bits per heavy atom. The standard InChI is InChI=1S/C15H18FNO5/c1-3-22-12(18)8-9(2)13(15(20)21)17-14(19)10-6-4-5-7-11(10)16/h4-7,9,13H,3,8H2,1-2H3,(H,17,19)(H,20,21)/t9-,13-/m1/s1. The average Bonchev–Trinajstić information content (AvgIpc) is 2.44. The zero-order chi connectivity index (χ0) is 16.7. The molecule has 0 aliphatic carbocycles. The van der Waals surface area contributed by atoms with Crippen LogP contribution >= 0.6 is 0 Å². The number of hydrogen-bond donors (Lipinski definition) is 2. The second-order valence-corrected chi connectivity index (χ2v) is 4.76. The van der Waals surface area contributed by atoms with Gasteiger partial charge in [-0.1, -0.05) is 19.1 Å². The van der Waals surface area contributed by atoms with Crippen LogP contribution in [-0.4, -0.2) is 35.6 Å². The molecular formula is C15H18FNO5. The lowest BCUT2D eigenvalue weighted by molar-refractivity contribution is -0.145. The fourth-order valence-corrected chi connectivity index (χ4v) is 1.91. The van der Waals surface area contributed by atoms with Gasteiger partial charge in [0, 0.05) is 0 Å². The van der Waals surface area contributed by atoms with Gasteiger partial charge in [0.2, 0.25) is 0 Å². The first-order valence-electron chi connectivity index (χ1n) is 6.80. The number of nitrogens with one attached hydrogen (secondary N) is 1. The summed E-state index contributed by atoms with van der Waals surface area (Å²) in [6, 6.07) is 3.92. The van der Waals surface area contributed by atoms with Crippen molar-refractivity contribution in [3.8, 4) is 0 Å². The van der Waals surface area contributed by atoms with E-state index in [2.05, 4.69) is 5.32 Å². The molecular weight excluding hydrogens is 293 g/mol. The minimum absolute atomic E-state index is 0.164. The number of halogens is 1. The SMILES string of the molecule is CCOC(=O)C[C@@H](C)[C@@H](NC(=O)c1ccccc1F)C(=O)O. The summed E-state index contributed by atoms with van der Waals surface area (Å²) < 4.78 is 18.3. The molecule has 0 unspecified atom stereocenters. The predicted molar refractivity (Wildman–Crippen MR) is 75.7 cm³/mol. The Morgan fingerprint density at radius 2 is 1.95 bits per heavy atom. The molecule has 2 N–H and O–H groups in total. The van der Waals surface area contributed by atoms with Crippen LogP contribution in [0.4, 0.5) is 4.39 Å². The third-order valence-corrected chi connectivity index (χ3v) is 3.03. The summed E-state index contributed by atoms with van der Waals surface area (Å²) in [6.45, 7) is 3.32. The van der Waals surface area contributed by atoms with Gasteiger partial charge >= 0.3 is 11.9 Å². The molecule has 7 heteroatoms. The molecule has 1 amide bonds. The lowest BCUT2D eigenvalue weighted by atomic mass is 9.98. The van der Waals surface area contributed by atoms with E-state index in [1.54, 1.807) is 6.92 Å². The minimum atomic E-state index is -1.32. The molecule has 0 radical (unpaired) electrons. The molecule has 0 spiro atoms. The number of hydrogen-bond acceptors (Lipinski definition) is 4. The van der Waals surface area contributed by atoms with Gasteiger partial charge in [-0.15, -0.1) is 0 Å². The first-order chi connectivity index (χ1) is 10.4. The van der Waals surface area contributed by atoms with E-state index in [-0.39, 0.29) is 18.6 Å². The van der Waals surface area contributed by atoms with Crippen molar-refractivity contribution in [3.05, 3.63) is 35.6 Å². The van der Waals surface area contributed by atoms with Gasteiger partial charge in [0.05, 0.1) is 18.6 Å². The van der Waals surface area contributed by atoms with E-state index >= 15 is 0 Å². The Bertz CT molecular complexity index is 561. The average molecular weight is 311 g/mol. The highest BCUT2D eigenvalue weighted by Crippen LogP contribution is 2.12. The first-order valence-corrected chi connectivity index (χ1v) is 6.80. The van der Waals surface area contributed by atoms with Crippen LogP contribution < -0.4 is 5.32 Å². The number of carbonyl (C=O) groups is 3. The van der Waals surface area contributed by atoms with Crippen molar-refractivity contribution in [3.63, 3.8) is 0 Å². The molecule has 0 saturated heterocycles. The maximum Gasteiger partial charge on any atom is 0.326 e. The summed E-state index contributed by atoms with van der Waals surface area (Å²) in [5, 5.41) is 11.4. The molecule has 22 heavy (non-hydrogen) atoms. The fourth-order valence-electron chi connectivity index (χ4n) is 1.91. The number of esters is 1. The molecule has 0 aliphatic rings. The molecule has 2 atom stereocenters. The normalized spacial score (nSPS) is 13.0. The van der Waals surface area contributed by atoms with Crippen molar-refractivity contribution >= 4 is 17.8 Å². The minimum Gasteiger partial charge on any atom is -0.480 e. The summed E-state index contributed by atoms with van der Waals surface area (Å²) in [7, 11) is 0. The van der Waals surface area contributed by atoms with Crippen LogP contribution in [-0.2, 0) is 14.3 Å². The van der Waals surface area contributed by atoms with E-state index in [1.165, 1.54) is 25.1 Å². The van der Waals surface area contributed by atoms with Gasteiger partial charge in [0.1, 0.15) is 11.9 Å². The van der Waals surface area contributed by atoms with E-state index in [9.17, 15) is 23.9 Å². The number of amides is 1. The van der Waals surface area contributed by atoms with Gasteiger partial charge in [-0.05, 0) is 25.0 Å². The van der Waals surface area contributed by atoms with Crippen LogP contribution in [0.1, 0.15) is 30.6 Å². The van der Waals surface area contributed by atoms with E-state index in [4.69, 9.17) is 4.74 Å². The highest BCUT2D eigenvalue weighted by atomic mass is 19.1. The summed E-state index contributed by atoms with van der Waals surface area (Å²) in [4.78, 5) is 34.6. The molecule has 0 aliphatic heterocycles. The van der Waals surface area contributed by atoms with Gasteiger partial charge in [0.25, 0.3) is 5.91 Å². The van der Waals surface area contributed by atoms with Gasteiger partial charge < -0.3 is 15.2 Å². The molecule has 1 aromatic carbocycles. The van der Waals surface area contributed by atoms with Gasteiger partial charge in [0.15, 0.2) is 0 Å². The van der Waals surface area contributed by atoms with Crippen LogP contribution in [0, 0.1) is 11.7 Å². The summed E-state index contributed by atoms with van der Waals surface area (Å²) >= 11 is 0. The Balaban J connectivity index is 2.80. The quantitative estimate of drug-likeness (QED) is 0.746. The van der Waals surface area contributed by atoms with E-state index in [1.807, 2.05) is 0 Å². The maximum absolute atomic E-state index is 13.5. The van der Waals surface area contributed by atoms with Crippen LogP contribution in [0.5, 0.6) is 0 Å². The van der Waals surface area contributed by atoms with Gasteiger partial charge in [-0.3, -0.25) is 9.59 Å². The van der Waals surface area contributed by atoms with Crippen molar-refractivity contribution in [2.75, 3.05) is 6.61 Å². The summed E-state index contributed by atoms with van der Waals surface area (Å²) in [5.41, 5.74) is -0.253. The maximum atomic E-state index is 13.5. The van der Waals surface area contributed by atoms with E-state index < -0.39 is 35.6 Å². The largest absolute Gasteiger partial charge is 0.480 e. The first kappa shape index (κ1) is 17.6. The van der Waals surface area contributed by atoms with Crippen LogP contribution in [0.3, 0.4) is 0 Å². The molecule has 0 bridgehead atoms. The van der Waals surface area contributed by atoms with Crippen LogP contribution in [0.25, 0.3) is 0 Å². The smallest absolute Gasteiger partial charge is 0.326 e. The molecule has 0 saturated carbocycles. The van der Waals surface area contributed by atoms with E-state index in [0.717, 1.165) is 6.07 Å². The number of carboxylic acid groups (broad SMARTS) is 1. The highest BCUT2D eigenvalue weighted by Gasteiger charge is 2.29. The molecule has 1 aromatic rings. The Morgan fingerprint density at radius 1 is 1.32 bits per heavy atom. The van der Waals surface area contributed by atoms with Crippen molar-refractivity contribution in [2.45, 2.75) is 26.3 Å². The zero-order valence-corrected chi connectivity index (χ0v) is 12.3. The van der Waals surface area contributed by atoms with Crippen LogP contribution in [0.2, 0.25) is 0 Å². The fraction of sp³-hybridized carbons (Fsp3) is 0.400. The highest BCUT2D eigenvalue weighted by molar-refractivity contribution is 5.96. The molecule has 0 fully saturated rings. The lowest BCUT2D eigenvalue weighted by Gasteiger charge is -2.20. The topological polar surface area (TPSA) is 92.7 Å². The molecule has 1 rings (SSSR count). The number of rotatable bonds is 7. The van der Waals surface area contributed by atoms with E-state index in [0.29, 0.717) is 0 Å². The zero-order valence-electron chi connectivity index (χ0n) is 12.3. The third kappa shape index (κ3) is 4.83. The van der Waals surface area contributed by atoms with Crippen molar-refractivity contribution in [2.24, 2.45) is 5.92 Å². The summed E-state index contributed by atoms with van der Waals surface area (Å²) in [5.74, 6) is -4.15. The molecule has 0 aromatic heterocycles. The Kier molecular flexibility index (Phi) is 6.49. The second kappa shape index (κ2) is 8.11. The lowest BCUT2D eigenvalue weighted by Crippen LogP contribution is -2.46. The predicted octanol–water partition coefficient (Wildman–Crippen LogP) is 1.60. The number of carboxylic acids is 1. The number of benzene rings is 1. The molecule has 120 valence electrons. The summed E-state index contributed by atoms with van der Waals surface area (Å²) in [6.07, 6.45) is -0.164. The van der Waals surface area contributed by atoms with Gasteiger partial charge in [-0.2, -0.15) is 0 Å². The number of aliphatic carboxylic acids is 1. The van der Waals surface area contributed by atoms with Crippen molar-refractivity contribution < 1.29 is 28.6 Å². The van der Waals surface area contributed by atoms with Crippen molar-refractivity contribution in [1.82, 2.24) is 5.32 Å². The Hall–Kier alpha value is -2.44. The van der Waals surface area contributed by atoms with Crippen LogP contribution in [0.15, 0.2) is 24.3 Å². The molecule has 0 heterocycles. The number of carbonyl (C=O) groups excluding carboxylic acids is 2. The number of ether oxygens (including phenoxy) is 1. The van der Waals surface area contributed by atoms with Crippen molar-refractivity contribution in [1.29, 1.82) is 0 Å². The third-order valence-electron chi connectivity index (χ3n) is 3.03.